The lowest BCUT2D eigenvalue weighted by atomic mass is 9.87. The van der Waals surface area contributed by atoms with Gasteiger partial charge in [0.1, 0.15) is 23.3 Å². The third-order valence-corrected chi connectivity index (χ3v) is 5.09. The molecule has 0 radical (unpaired) electrons. The van der Waals surface area contributed by atoms with Crippen LogP contribution in [0.15, 0.2) is 94.3 Å². The Morgan fingerprint density at radius 3 is 2.30 bits per heavy atom. The minimum atomic E-state index is -0.529. The van der Waals surface area contributed by atoms with E-state index >= 15 is 0 Å². The van der Waals surface area contributed by atoms with E-state index in [1.165, 1.54) is 24.0 Å². The van der Waals surface area contributed by atoms with E-state index in [4.69, 9.17) is 13.9 Å². The third-order valence-electron chi connectivity index (χ3n) is 5.09. The smallest absolute Gasteiger partial charge is 0.336 e. The van der Waals surface area contributed by atoms with Crippen LogP contribution in [-0.2, 0) is 10.2 Å². The molecule has 0 aliphatic rings. The number of carbonyl (C=O) groups excluding carboxylic acids is 1. The summed E-state index contributed by atoms with van der Waals surface area (Å²) in [6, 6.07) is 21.7. The molecule has 4 aromatic rings. The SMILES string of the molecule is CC(C)(C)c1ccc(Oc2coc3cc(OC(=O)/C=C/c4ccccc4)ccc3c2=O)cc1. The van der Waals surface area contributed by atoms with Crippen molar-refractivity contribution in [2.24, 2.45) is 0 Å². The van der Waals surface area contributed by atoms with Gasteiger partial charge in [-0.2, -0.15) is 0 Å². The summed E-state index contributed by atoms with van der Waals surface area (Å²) in [5.74, 6) is 0.381. The van der Waals surface area contributed by atoms with Crippen molar-refractivity contribution in [3.8, 4) is 17.2 Å². The van der Waals surface area contributed by atoms with E-state index in [9.17, 15) is 9.59 Å². The lowest BCUT2D eigenvalue weighted by Gasteiger charge is -2.19. The predicted molar refractivity (Wildman–Crippen MR) is 129 cm³/mol. The highest BCUT2D eigenvalue weighted by molar-refractivity contribution is 5.89. The van der Waals surface area contributed by atoms with Gasteiger partial charge in [0.25, 0.3) is 0 Å². The Kier molecular flexibility index (Phi) is 6.13. The molecule has 1 aromatic heterocycles. The molecule has 0 fully saturated rings. The maximum absolute atomic E-state index is 12.8. The average molecular weight is 440 g/mol. The molecule has 0 aliphatic carbocycles. The van der Waals surface area contributed by atoms with Gasteiger partial charge in [-0.1, -0.05) is 63.2 Å². The van der Waals surface area contributed by atoms with Crippen LogP contribution in [0.3, 0.4) is 0 Å². The lowest BCUT2D eigenvalue weighted by molar-refractivity contribution is -0.128. The van der Waals surface area contributed by atoms with Crippen molar-refractivity contribution in [2.45, 2.75) is 26.2 Å². The minimum absolute atomic E-state index is 0.0268. The fourth-order valence-corrected chi connectivity index (χ4v) is 3.25. The molecule has 1 heterocycles. The quantitative estimate of drug-likeness (QED) is 0.201. The first kappa shape index (κ1) is 22.1. The zero-order chi connectivity index (χ0) is 23.4. The van der Waals surface area contributed by atoms with Crippen LogP contribution in [-0.4, -0.2) is 5.97 Å². The van der Waals surface area contributed by atoms with Gasteiger partial charge in [-0.15, -0.1) is 0 Å². The van der Waals surface area contributed by atoms with E-state index in [1.807, 2.05) is 54.6 Å². The zero-order valence-corrected chi connectivity index (χ0v) is 18.7. The van der Waals surface area contributed by atoms with E-state index in [0.717, 1.165) is 5.56 Å². The second kappa shape index (κ2) is 9.17. The number of rotatable bonds is 5. The summed E-state index contributed by atoms with van der Waals surface area (Å²) in [5, 5.41) is 0.332. The Labute approximate surface area is 191 Å². The number of hydrogen-bond donors (Lipinski definition) is 0. The molecule has 5 heteroatoms. The van der Waals surface area contributed by atoms with Gasteiger partial charge in [0, 0.05) is 12.1 Å². The number of esters is 1. The van der Waals surface area contributed by atoms with Crippen LogP contribution in [0.25, 0.3) is 17.0 Å². The molecule has 3 aromatic carbocycles. The highest BCUT2D eigenvalue weighted by Gasteiger charge is 2.14. The van der Waals surface area contributed by atoms with E-state index in [1.54, 1.807) is 18.2 Å². The van der Waals surface area contributed by atoms with Gasteiger partial charge < -0.3 is 13.9 Å². The summed E-state index contributed by atoms with van der Waals surface area (Å²) < 4.78 is 16.7. The molecule has 0 N–H and O–H groups in total. The van der Waals surface area contributed by atoms with Crippen molar-refractivity contribution >= 4 is 23.0 Å². The average Bonchev–Trinajstić information content (AvgIpc) is 2.80. The summed E-state index contributed by atoms with van der Waals surface area (Å²) in [4.78, 5) is 25.0. The van der Waals surface area contributed by atoms with E-state index in [0.29, 0.717) is 16.7 Å². The Hall–Kier alpha value is -4.12. The normalized spacial score (nSPS) is 11.6. The van der Waals surface area contributed by atoms with Crippen LogP contribution < -0.4 is 14.9 Å². The molecule has 0 bridgehead atoms. The van der Waals surface area contributed by atoms with Gasteiger partial charge in [-0.3, -0.25) is 4.79 Å². The number of fused-ring (bicyclic) bond motifs is 1. The van der Waals surface area contributed by atoms with Gasteiger partial charge in [0.05, 0.1) is 5.39 Å². The molecule has 5 nitrogen and oxygen atoms in total. The van der Waals surface area contributed by atoms with Crippen molar-refractivity contribution < 1.29 is 18.7 Å². The molecule has 0 amide bonds. The van der Waals surface area contributed by atoms with Gasteiger partial charge in [-0.05, 0) is 46.9 Å². The summed E-state index contributed by atoms with van der Waals surface area (Å²) in [6.07, 6.45) is 4.28. The Bertz CT molecular complexity index is 1360. The van der Waals surface area contributed by atoms with Crippen LogP contribution in [0.2, 0.25) is 0 Å². The van der Waals surface area contributed by atoms with Crippen molar-refractivity contribution in [3.05, 3.63) is 106 Å². The van der Waals surface area contributed by atoms with Crippen molar-refractivity contribution in [1.29, 1.82) is 0 Å². The fourth-order valence-electron chi connectivity index (χ4n) is 3.25. The Balaban J connectivity index is 1.50. The number of carbonyl (C=O) groups is 1. The van der Waals surface area contributed by atoms with E-state index in [-0.39, 0.29) is 22.3 Å². The molecule has 0 aliphatic heterocycles. The summed E-state index contributed by atoms with van der Waals surface area (Å²) >= 11 is 0. The van der Waals surface area contributed by atoms with Crippen LogP contribution >= 0.6 is 0 Å². The van der Waals surface area contributed by atoms with Gasteiger partial charge in [0.2, 0.25) is 11.2 Å². The lowest BCUT2D eigenvalue weighted by Crippen LogP contribution is -2.10. The number of benzene rings is 3. The first-order valence-corrected chi connectivity index (χ1v) is 10.6. The molecule has 0 atom stereocenters. The van der Waals surface area contributed by atoms with Crippen molar-refractivity contribution in [1.82, 2.24) is 0 Å². The van der Waals surface area contributed by atoms with Gasteiger partial charge >= 0.3 is 5.97 Å². The molecule has 166 valence electrons. The summed E-state index contributed by atoms with van der Waals surface area (Å²) in [5.41, 5.74) is 2.07. The maximum atomic E-state index is 12.8. The van der Waals surface area contributed by atoms with Crippen LogP contribution in [0, 0.1) is 0 Å². The molecule has 0 spiro atoms. The zero-order valence-electron chi connectivity index (χ0n) is 18.7. The molecule has 0 unspecified atom stereocenters. The summed E-state index contributed by atoms with van der Waals surface area (Å²) in [7, 11) is 0. The van der Waals surface area contributed by atoms with Crippen molar-refractivity contribution in [2.75, 3.05) is 0 Å². The summed E-state index contributed by atoms with van der Waals surface area (Å²) in [6.45, 7) is 6.39. The largest absolute Gasteiger partial charge is 0.460 e. The predicted octanol–water partition coefficient (Wildman–Crippen LogP) is 6.50. The molecule has 0 saturated carbocycles. The fraction of sp³-hybridized carbons (Fsp3) is 0.143. The van der Waals surface area contributed by atoms with E-state index < -0.39 is 5.97 Å². The highest BCUT2D eigenvalue weighted by Crippen LogP contribution is 2.27. The monoisotopic (exact) mass is 440 g/mol. The Morgan fingerprint density at radius 1 is 0.909 bits per heavy atom. The first-order chi connectivity index (χ1) is 15.8. The second-order valence-electron chi connectivity index (χ2n) is 8.63. The molecule has 0 saturated heterocycles. The van der Waals surface area contributed by atoms with Crippen LogP contribution in [0.1, 0.15) is 31.9 Å². The van der Waals surface area contributed by atoms with Crippen molar-refractivity contribution in [3.63, 3.8) is 0 Å². The number of ether oxygens (including phenoxy) is 2. The van der Waals surface area contributed by atoms with E-state index in [2.05, 4.69) is 20.8 Å². The number of hydrogen-bond acceptors (Lipinski definition) is 5. The second-order valence-corrected chi connectivity index (χ2v) is 8.63. The highest BCUT2D eigenvalue weighted by atomic mass is 16.5. The van der Waals surface area contributed by atoms with Gasteiger partial charge in [-0.25, -0.2) is 4.79 Å². The first-order valence-electron chi connectivity index (χ1n) is 10.6. The topological polar surface area (TPSA) is 65.7 Å². The minimum Gasteiger partial charge on any atom is -0.460 e. The van der Waals surface area contributed by atoms with Gasteiger partial charge in [0.15, 0.2) is 0 Å². The molecular formula is C28H24O5. The maximum Gasteiger partial charge on any atom is 0.336 e. The van der Waals surface area contributed by atoms with Crippen LogP contribution in [0.5, 0.6) is 17.2 Å². The third kappa shape index (κ3) is 5.39. The standard InChI is InChI=1S/C28H24O5/c1-28(2,3)20-10-12-21(13-11-20)32-25-18-31-24-17-22(14-15-23(24)27(25)30)33-26(29)16-9-19-7-5-4-6-8-19/h4-18H,1-3H3/b16-9+. The van der Waals surface area contributed by atoms with Crippen LogP contribution in [0.4, 0.5) is 0 Å². The molecular weight excluding hydrogens is 416 g/mol. The molecule has 4 rings (SSSR count). The molecule has 33 heavy (non-hydrogen) atoms. The Morgan fingerprint density at radius 2 is 1.61 bits per heavy atom.